The van der Waals surface area contributed by atoms with E-state index in [-0.39, 0.29) is 42.1 Å². The van der Waals surface area contributed by atoms with Crippen molar-refractivity contribution >= 4 is 0 Å². The molecule has 0 aromatic rings. The maximum absolute atomic E-state index is 11.0. The predicted molar refractivity (Wildman–Crippen MR) is 109 cm³/mol. The second-order valence-electron chi connectivity index (χ2n) is 11.4. The smallest absolute Gasteiger partial charge is 0 e. The molecule has 0 aromatic carbocycles. The standard InChI is InChI=1S/C26H40O.2W/c27-26-22-12-6-3-9-19(22)24-15-16(13-14-23(24)26)25-20-10-4-1-7-17(20)18-8-2-5-11-21(18)25;;/h16-24,27H,1-15H2;;/q-2;;. The third-order valence-electron chi connectivity index (χ3n) is 10.5. The second-order valence-corrected chi connectivity index (χ2v) is 11.4. The first-order valence-corrected chi connectivity index (χ1v) is 12.7. The van der Waals surface area contributed by atoms with Crippen LogP contribution in [-0.2, 0) is 42.1 Å². The van der Waals surface area contributed by atoms with Gasteiger partial charge in [-0.15, -0.1) is 11.8 Å². The maximum Gasteiger partial charge on any atom is 0 e. The quantitative estimate of drug-likeness (QED) is 0.290. The van der Waals surface area contributed by atoms with E-state index in [1.807, 2.05) is 0 Å². The summed E-state index contributed by atoms with van der Waals surface area (Å²) in [6.07, 6.45) is 22.8. The first-order valence-electron chi connectivity index (χ1n) is 12.7. The normalized spacial score (nSPS) is 49.8. The number of hydrogen-bond donors (Lipinski definition) is 1. The van der Waals surface area contributed by atoms with Crippen LogP contribution < -0.4 is 0 Å². The molecule has 1 nitrogen and oxygen atoms in total. The molecule has 9 atom stereocenters. The molecule has 6 aliphatic carbocycles. The van der Waals surface area contributed by atoms with Crippen molar-refractivity contribution in [2.45, 2.75) is 96.3 Å². The Morgan fingerprint density at radius 2 is 0.931 bits per heavy atom. The predicted octanol–water partition coefficient (Wildman–Crippen LogP) is 6.94. The summed E-state index contributed by atoms with van der Waals surface area (Å²) < 4.78 is 0. The van der Waals surface area contributed by atoms with Crippen molar-refractivity contribution in [3.05, 3.63) is 12.0 Å². The molecular weight excluding hydrogens is 696 g/mol. The van der Waals surface area contributed by atoms with Crippen molar-refractivity contribution < 1.29 is 47.2 Å². The van der Waals surface area contributed by atoms with Crippen molar-refractivity contribution in [3.63, 3.8) is 0 Å². The molecule has 0 spiro atoms. The zero-order valence-electron chi connectivity index (χ0n) is 18.1. The first kappa shape index (κ1) is 23.5. The third kappa shape index (κ3) is 3.86. The minimum atomic E-state index is 0. The summed E-state index contributed by atoms with van der Waals surface area (Å²) in [4.78, 5) is 0. The molecule has 3 heteroatoms. The van der Waals surface area contributed by atoms with E-state index in [0.29, 0.717) is 11.8 Å². The Bertz CT molecular complexity index is 531. The Hall–Kier alpha value is 1.34. The van der Waals surface area contributed by atoms with Crippen LogP contribution in [-0.4, -0.2) is 5.11 Å². The van der Waals surface area contributed by atoms with Crippen molar-refractivity contribution in [1.29, 1.82) is 0 Å². The molecule has 0 heterocycles. The third-order valence-corrected chi connectivity index (χ3v) is 10.5. The molecule has 29 heavy (non-hydrogen) atoms. The fourth-order valence-corrected chi connectivity index (χ4v) is 9.72. The largest absolute Gasteiger partial charge is 0.562 e. The van der Waals surface area contributed by atoms with E-state index in [9.17, 15) is 5.11 Å². The van der Waals surface area contributed by atoms with Crippen LogP contribution in [0.5, 0.6) is 0 Å². The van der Waals surface area contributed by atoms with Gasteiger partial charge in [-0.3, -0.25) is 0 Å². The van der Waals surface area contributed by atoms with Crippen LogP contribution in [0.25, 0.3) is 0 Å². The molecule has 6 aliphatic rings. The van der Waals surface area contributed by atoms with Crippen LogP contribution in [0.15, 0.2) is 0 Å². The molecule has 0 aromatic heterocycles. The number of rotatable bonds is 1. The number of hydrogen-bond acceptors (Lipinski definition) is 1. The van der Waals surface area contributed by atoms with Gasteiger partial charge in [-0.25, -0.2) is 0 Å². The van der Waals surface area contributed by atoms with Crippen LogP contribution in [0.3, 0.4) is 0 Å². The Morgan fingerprint density at radius 1 is 0.483 bits per heavy atom. The summed E-state index contributed by atoms with van der Waals surface area (Å²) in [5.74, 6) is 10.1. The van der Waals surface area contributed by atoms with E-state index < -0.39 is 0 Å². The summed E-state index contributed by atoms with van der Waals surface area (Å²) >= 11 is 0. The van der Waals surface area contributed by atoms with E-state index in [0.717, 1.165) is 47.5 Å². The van der Waals surface area contributed by atoms with E-state index in [2.05, 4.69) is 5.92 Å². The molecular formula is C26H40OW2-2. The van der Waals surface area contributed by atoms with Gasteiger partial charge in [0.15, 0.2) is 0 Å². The van der Waals surface area contributed by atoms with Gasteiger partial charge in [-0.2, -0.15) is 23.9 Å². The van der Waals surface area contributed by atoms with Gasteiger partial charge in [-0.05, 0) is 0 Å². The summed E-state index contributed by atoms with van der Waals surface area (Å²) in [5, 5.41) is 11.0. The molecule has 6 saturated carbocycles. The summed E-state index contributed by atoms with van der Waals surface area (Å²) in [6, 6.07) is 0. The van der Waals surface area contributed by atoms with E-state index in [4.69, 9.17) is 0 Å². The van der Waals surface area contributed by atoms with Gasteiger partial charge < -0.3 is 11.0 Å². The zero-order chi connectivity index (χ0) is 18.0. The Kier molecular flexibility index (Phi) is 7.84. The van der Waals surface area contributed by atoms with Gasteiger partial charge in [0, 0.05) is 42.1 Å². The van der Waals surface area contributed by atoms with Gasteiger partial charge in [0.05, 0.1) is 0 Å². The van der Waals surface area contributed by atoms with Crippen LogP contribution in [0.2, 0.25) is 0 Å². The molecule has 0 radical (unpaired) electrons. The van der Waals surface area contributed by atoms with Gasteiger partial charge in [0.2, 0.25) is 0 Å². The number of aliphatic hydroxyl groups is 1. The Labute approximate surface area is 207 Å². The van der Waals surface area contributed by atoms with Gasteiger partial charge in [0.25, 0.3) is 0 Å². The van der Waals surface area contributed by atoms with Gasteiger partial charge in [0.1, 0.15) is 0 Å². The van der Waals surface area contributed by atoms with E-state index in [1.54, 1.807) is 12.8 Å². The van der Waals surface area contributed by atoms with Crippen molar-refractivity contribution in [1.82, 2.24) is 0 Å². The van der Waals surface area contributed by atoms with E-state index >= 15 is 0 Å². The molecule has 0 aliphatic heterocycles. The topological polar surface area (TPSA) is 20.2 Å². The molecule has 164 valence electrons. The number of fused-ring (bicyclic) bond motifs is 6. The Balaban J connectivity index is 0.00000102. The molecule has 6 rings (SSSR count). The summed E-state index contributed by atoms with van der Waals surface area (Å²) in [6.45, 7) is 0. The van der Waals surface area contributed by atoms with Crippen LogP contribution >= 0.6 is 0 Å². The second kappa shape index (κ2) is 9.68. The molecule has 0 saturated heterocycles. The fraction of sp³-hybridized carbons (Fsp3) is 0.923. The minimum absolute atomic E-state index is 0. The average molecular weight is 736 g/mol. The molecule has 9 unspecified atom stereocenters. The summed E-state index contributed by atoms with van der Waals surface area (Å²) in [7, 11) is 0. The molecule has 0 amide bonds. The molecule has 6 fully saturated rings. The molecule has 1 N–H and O–H groups in total. The SMILES string of the molecule is O[C-]1C2CCCCC2C2CC([C-]3C4CCCCC4C4CCCCC34)CCC12.[W].[W]. The average Bonchev–Trinajstić information content (AvgIpc) is 3.21. The van der Waals surface area contributed by atoms with E-state index in [1.165, 1.54) is 83.5 Å². The Morgan fingerprint density at radius 3 is 1.52 bits per heavy atom. The first-order chi connectivity index (χ1) is 13.3. The van der Waals surface area contributed by atoms with Crippen molar-refractivity contribution in [2.24, 2.45) is 53.3 Å². The fourth-order valence-electron chi connectivity index (χ4n) is 9.72. The van der Waals surface area contributed by atoms with Crippen molar-refractivity contribution in [2.75, 3.05) is 0 Å². The maximum atomic E-state index is 11.0. The zero-order valence-corrected chi connectivity index (χ0v) is 23.9. The van der Waals surface area contributed by atoms with Gasteiger partial charge >= 0.3 is 0 Å². The van der Waals surface area contributed by atoms with Crippen molar-refractivity contribution in [3.8, 4) is 0 Å². The van der Waals surface area contributed by atoms with Crippen LogP contribution in [0.1, 0.15) is 96.3 Å². The van der Waals surface area contributed by atoms with Gasteiger partial charge in [-0.1, -0.05) is 120 Å². The molecule has 0 bridgehead atoms. The monoisotopic (exact) mass is 736 g/mol. The summed E-state index contributed by atoms with van der Waals surface area (Å²) in [5.41, 5.74) is 0. The van der Waals surface area contributed by atoms with Crippen LogP contribution in [0, 0.1) is 65.3 Å². The van der Waals surface area contributed by atoms with Crippen LogP contribution in [0.4, 0.5) is 0 Å². The number of aliphatic hydroxyl groups excluding tert-OH is 1. The minimum Gasteiger partial charge on any atom is -0.562 e.